The molecule has 0 fully saturated rings. The number of phenols is 1. The highest BCUT2D eigenvalue weighted by molar-refractivity contribution is 6.30. The summed E-state index contributed by atoms with van der Waals surface area (Å²) in [5, 5.41) is 12.4. The summed E-state index contributed by atoms with van der Waals surface area (Å²) in [5.41, 5.74) is 6.77. The third-order valence-electron chi connectivity index (χ3n) is 3.63. The van der Waals surface area contributed by atoms with E-state index < -0.39 is 5.91 Å². The molecule has 24 heavy (non-hydrogen) atoms. The van der Waals surface area contributed by atoms with Crippen LogP contribution in [-0.2, 0) is 0 Å². The van der Waals surface area contributed by atoms with Gasteiger partial charge in [-0.05, 0) is 40.6 Å². The first kappa shape index (κ1) is 15.9. The third kappa shape index (κ3) is 3.34. The molecule has 0 aromatic heterocycles. The first-order valence-corrected chi connectivity index (χ1v) is 7.65. The number of hydrogen-bond acceptors (Lipinski definition) is 3. The number of fused-ring (bicyclic) bond motifs is 1. The van der Waals surface area contributed by atoms with Crippen LogP contribution in [0.1, 0.15) is 15.9 Å². The minimum atomic E-state index is -0.451. The highest BCUT2D eigenvalue weighted by atomic mass is 35.5. The van der Waals surface area contributed by atoms with Crippen LogP contribution in [0.3, 0.4) is 0 Å². The van der Waals surface area contributed by atoms with Crippen molar-refractivity contribution in [2.24, 2.45) is 0 Å². The number of aromatic hydroxyl groups is 1. The Morgan fingerprint density at radius 2 is 1.58 bits per heavy atom. The van der Waals surface area contributed by atoms with E-state index in [1.54, 1.807) is 36.4 Å². The molecule has 0 aliphatic heterocycles. The second kappa shape index (κ2) is 6.64. The van der Waals surface area contributed by atoms with Gasteiger partial charge in [-0.15, -0.1) is 0 Å². The van der Waals surface area contributed by atoms with Crippen molar-refractivity contribution >= 4 is 34.0 Å². The number of amides is 1. The number of rotatable bonds is 4. The Kier molecular flexibility index (Phi) is 4.40. The molecular formula is C19H15ClN2O2. The molecule has 0 spiro atoms. The summed E-state index contributed by atoms with van der Waals surface area (Å²) in [4.78, 5) is 12.3. The van der Waals surface area contributed by atoms with Gasteiger partial charge in [-0.2, -0.15) is 0 Å². The Hall–Kier alpha value is -2.98. The van der Waals surface area contributed by atoms with Crippen LogP contribution in [0, 0.1) is 0 Å². The molecule has 0 aliphatic carbocycles. The van der Waals surface area contributed by atoms with E-state index in [1.165, 1.54) is 0 Å². The molecule has 1 amide bonds. The summed E-state index contributed by atoms with van der Waals surface area (Å²) in [7, 11) is 0. The first-order chi connectivity index (χ1) is 11.5. The Labute approximate surface area is 144 Å². The van der Waals surface area contributed by atoms with Crippen LogP contribution in [0.15, 0.2) is 67.2 Å². The van der Waals surface area contributed by atoms with E-state index in [1.807, 2.05) is 24.3 Å². The molecule has 0 unspecified atom stereocenters. The molecule has 0 atom stereocenters. The molecule has 3 N–H and O–H groups in total. The third-order valence-corrected chi connectivity index (χ3v) is 3.88. The lowest BCUT2D eigenvalue weighted by atomic mass is 10.1. The maximum atomic E-state index is 12.3. The van der Waals surface area contributed by atoms with Crippen molar-refractivity contribution in [3.63, 3.8) is 0 Å². The molecule has 0 aliphatic rings. The molecule has 3 aromatic rings. The molecular weight excluding hydrogens is 324 g/mol. The molecule has 3 rings (SSSR count). The quantitative estimate of drug-likeness (QED) is 0.627. The summed E-state index contributed by atoms with van der Waals surface area (Å²) in [5.74, 6) is -0.529. The van der Waals surface area contributed by atoms with Crippen LogP contribution in [0.5, 0.6) is 5.75 Å². The van der Waals surface area contributed by atoms with Crippen molar-refractivity contribution in [3.8, 4) is 5.75 Å². The second-order valence-electron chi connectivity index (χ2n) is 5.28. The molecule has 4 nitrogen and oxygen atoms in total. The molecule has 5 heteroatoms. The summed E-state index contributed by atoms with van der Waals surface area (Å²) >= 11 is 5.84. The van der Waals surface area contributed by atoms with Gasteiger partial charge in [0.2, 0.25) is 0 Å². The molecule has 120 valence electrons. The fourth-order valence-corrected chi connectivity index (χ4v) is 2.46. The summed E-state index contributed by atoms with van der Waals surface area (Å²) in [6, 6.07) is 17.8. The van der Waals surface area contributed by atoms with Gasteiger partial charge in [0.1, 0.15) is 5.75 Å². The van der Waals surface area contributed by atoms with Crippen molar-refractivity contribution in [2.75, 3.05) is 0 Å². The lowest BCUT2D eigenvalue weighted by molar-refractivity contribution is 0.0940. The van der Waals surface area contributed by atoms with E-state index in [9.17, 15) is 9.90 Å². The topological polar surface area (TPSA) is 61.4 Å². The molecule has 0 heterocycles. The first-order valence-electron chi connectivity index (χ1n) is 7.27. The lowest BCUT2D eigenvalue weighted by Gasteiger charge is -2.12. The largest absolute Gasteiger partial charge is 0.507 e. The van der Waals surface area contributed by atoms with E-state index in [4.69, 9.17) is 11.6 Å². The zero-order valence-electron chi connectivity index (χ0n) is 12.7. The normalized spacial score (nSPS) is 10.4. The maximum Gasteiger partial charge on any atom is 0.273 e. The zero-order chi connectivity index (χ0) is 17.1. The summed E-state index contributed by atoms with van der Waals surface area (Å²) in [6.07, 6.45) is 0. The van der Waals surface area contributed by atoms with Crippen LogP contribution >= 0.6 is 11.6 Å². The maximum absolute atomic E-state index is 12.3. The monoisotopic (exact) mass is 338 g/mol. The van der Waals surface area contributed by atoms with Crippen LogP contribution in [-0.4, -0.2) is 11.0 Å². The number of carbonyl (C=O) groups is 1. The fourth-order valence-electron chi connectivity index (χ4n) is 2.33. The number of benzene rings is 3. The van der Waals surface area contributed by atoms with Crippen molar-refractivity contribution in [3.05, 3.63) is 83.4 Å². The molecule has 0 saturated carbocycles. The van der Waals surface area contributed by atoms with Crippen molar-refractivity contribution in [2.45, 2.75) is 0 Å². The number of nitrogens with one attached hydrogen (secondary N) is 2. The highest BCUT2D eigenvalue weighted by Crippen LogP contribution is 2.24. The van der Waals surface area contributed by atoms with Gasteiger partial charge in [-0.1, -0.05) is 54.6 Å². The van der Waals surface area contributed by atoms with E-state index in [2.05, 4.69) is 17.4 Å². The van der Waals surface area contributed by atoms with Gasteiger partial charge >= 0.3 is 0 Å². The van der Waals surface area contributed by atoms with Gasteiger partial charge < -0.3 is 5.11 Å². The number of hydrogen-bond donors (Lipinski definition) is 3. The Morgan fingerprint density at radius 1 is 0.958 bits per heavy atom. The number of halogens is 1. The predicted molar refractivity (Wildman–Crippen MR) is 96.7 cm³/mol. The average Bonchev–Trinajstić information content (AvgIpc) is 2.59. The SMILES string of the molecule is C=C(NNC(=O)c1cc2ccccc2cc1O)c1ccc(Cl)cc1. The van der Waals surface area contributed by atoms with Gasteiger partial charge in [0.25, 0.3) is 5.91 Å². The van der Waals surface area contributed by atoms with Crippen LogP contribution < -0.4 is 10.9 Å². The minimum absolute atomic E-state index is 0.0786. The molecule has 0 bridgehead atoms. The fraction of sp³-hybridized carbons (Fsp3) is 0. The number of phenolic OH excluding ortho intramolecular Hbond substituents is 1. The second-order valence-corrected chi connectivity index (χ2v) is 5.72. The average molecular weight is 339 g/mol. The van der Waals surface area contributed by atoms with Gasteiger partial charge in [-0.25, -0.2) is 0 Å². The van der Waals surface area contributed by atoms with Gasteiger partial charge in [0, 0.05) is 5.02 Å². The van der Waals surface area contributed by atoms with Crippen molar-refractivity contribution in [1.82, 2.24) is 10.9 Å². The highest BCUT2D eigenvalue weighted by Gasteiger charge is 2.12. The van der Waals surface area contributed by atoms with E-state index in [0.717, 1.165) is 16.3 Å². The van der Waals surface area contributed by atoms with Gasteiger partial charge in [0.05, 0.1) is 11.3 Å². The summed E-state index contributed by atoms with van der Waals surface area (Å²) in [6.45, 7) is 3.86. The van der Waals surface area contributed by atoms with E-state index in [-0.39, 0.29) is 11.3 Å². The Morgan fingerprint density at radius 3 is 2.25 bits per heavy atom. The summed E-state index contributed by atoms with van der Waals surface area (Å²) < 4.78 is 0. The molecule has 0 saturated heterocycles. The van der Waals surface area contributed by atoms with Crippen molar-refractivity contribution in [1.29, 1.82) is 0 Å². The molecule has 0 radical (unpaired) electrons. The zero-order valence-corrected chi connectivity index (χ0v) is 13.5. The van der Waals surface area contributed by atoms with Crippen LogP contribution in [0.4, 0.5) is 0 Å². The smallest absolute Gasteiger partial charge is 0.273 e. The standard InChI is InChI=1S/C19H15ClN2O2/c1-12(13-6-8-16(20)9-7-13)21-22-19(24)17-10-14-4-2-3-5-15(14)11-18(17)23/h2-11,21,23H,1H2,(H,22,24). The van der Waals surface area contributed by atoms with Crippen LogP contribution in [0.25, 0.3) is 16.5 Å². The van der Waals surface area contributed by atoms with E-state index >= 15 is 0 Å². The molecule has 3 aromatic carbocycles. The van der Waals surface area contributed by atoms with E-state index in [0.29, 0.717) is 10.7 Å². The van der Waals surface area contributed by atoms with Gasteiger partial charge in [-0.3, -0.25) is 15.6 Å². The predicted octanol–water partition coefficient (Wildman–Crippen LogP) is 4.10. The van der Waals surface area contributed by atoms with Crippen LogP contribution in [0.2, 0.25) is 5.02 Å². The minimum Gasteiger partial charge on any atom is -0.507 e. The number of carbonyl (C=O) groups excluding carboxylic acids is 1. The van der Waals surface area contributed by atoms with Crippen molar-refractivity contribution < 1.29 is 9.90 Å². The van der Waals surface area contributed by atoms with Gasteiger partial charge in [0.15, 0.2) is 0 Å². The Balaban J connectivity index is 1.74. The number of hydrazine groups is 1. The Bertz CT molecular complexity index is 920. The lowest BCUT2D eigenvalue weighted by Crippen LogP contribution is -2.35.